The summed E-state index contributed by atoms with van der Waals surface area (Å²) in [6.07, 6.45) is 7.64. The van der Waals surface area contributed by atoms with E-state index < -0.39 is 0 Å². The Bertz CT molecular complexity index is 385. The highest BCUT2D eigenvalue weighted by Gasteiger charge is 1.97. The molecule has 0 radical (unpaired) electrons. The second kappa shape index (κ2) is 10.9. The van der Waals surface area contributed by atoms with E-state index in [-0.39, 0.29) is 5.91 Å². The number of amides is 1. The summed E-state index contributed by atoms with van der Waals surface area (Å²) >= 11 is 0. The van der Waals surface area contributed by atoms with Gasteiger partial charge in [0.15, 0.2) is 0 Å². The molecule has 0 atom stereocenters. The fraction of sp³-hybridized carbons (Fsp3) is 0.385. The quantitative estimate of drug-likeness (QED) is 0.538. The molecule has 0 aliphatic heterocycles. The van der Waals surface area contributed by atoms with Crippen LogP contribution in [0.25, 0.3) is 6.08 Å². The summed E-state index contributed by atoms with van der Waals surface area (Å²) in [5.74, 6) is 1.90. The summed E-state index contributed by atoms with van der Waals surface area (Å²) in [6.45, 7) is 1.39. The highest BCUT2D eigenvalue weighted by Crippen LogP contribution is 2.18. The Balaban J connectivity index is 2.06. The molecule has 0 saturated carbocycles. The van der Waals surface area contributed by atoms with Crippen LogP contribution in [0.1, 0.15) is 12.0 Å². The van der Waals surface area contributed by atoms with E-state index >= 15 is 0 Å². The molecule has 1 aromatic heterocycles. The fourth-order valence-electron chi connectivity index (χ4n) is 1.25. The van der Waals surface area contributed by atoms with Gasteiger partial charge in [-0.3, -0.25) is 9.78 Å². The topological polar surface area (TPSA) is 68.0 Å². The number of carbonyl (C=O) groups is 1. The van der Waals surface area contributed by atoms with Crippen molar-refractivity contribution in [3.63, 3.8) is 0 Å². The van der Waals surface area contributed by atoms with Crippen molar-refractivity contribution in [3.05, 3.63) is 36.2 Å². The number of pyridine rings is 1. The van der Waals surface area contributed by atoms with E-state index in [2.05, 4.69) is 10.3 Å². The van der Waals surface area contributed by atoms with Gasteiger partial charge in [0, 0.05) is 43.4 Å². The molecule has 0 aromatic carbocycles. The molecule has 0 aliphatic carbocycles. The number of rotatable bonds is 9. The van der Waals surface area contributed by atoms with Crippen LogP contribution in [0, 0.1) is 0 Å². The molecule has 0 saturated heterocycles. The van der Waals surface area contributed by atoms with Gasteiger partial charge in [0.05, 0.1) is 0 Å². The first-order valence-electron chi connectivity index (χ1n) is 6.10. The van der Waals surface area contributed by atoms with Gasteiger partial charge in [-0.1, -0.05) is 39.8 Å². The highest BCUT2D eigenvalue weighted by molar-refractivity contribution is 8.76. The van der Waals surface area contributed by atoms with Crippen LogP contribution in [-0.2, 0) is 4.79 Å². The van der Waals surface area contributed by atoms with Crippen molar-refractivity contribution in [2.45, 2.75) is 6.42 Å². The Kier molecular flexibility index (Phi) is 9.22. The summed E-state index contributed by atoms with van der Waals surface area (Å²) in [7, 11) is 3.48. The molecule has 1 amide bonds. The first-order chi connectivity index (χ1) is 9.33. The number of nitrogens with one attached hydrogen (secondary N) is 1. The lowest BCUT2D eigenvalue weighted by Gasteiger charge is -2.02. The predicted molar refractivity (Wildman–Crippen MR) is 84.9 cm³/mol. The minimum Gasteiger partial charge on any atom is -0.355 e. The van der Waals surface area contributed by atoms with Crippen LogP contribution in [0.15, 0.2) is 30.6 Å². The molecule has 3 N–H and O–H groups in total. The molecule has 1 aromatic rings. The zero-order valence-corrected chi connectivity index (χ0v) is 12.4. The van der Waals surface area contributed by atoms with Gasteiger partial charge in [-0.05, 0) is 11.6 Å². The second-order valence-corrected chi connectivity index (χ2v) is 6.38. The highest BCUT2D eigenvalue weighted by atomic mass is 33.1. The fourth-order valence-corrected chi connectivity index (χ4v) is 3.01. The van der Waals surface area contributed by atoms with E-state index in [9.17, 15) is 4.79 Å². The maximum Gasteiger partial charge on any atom is 0.223 e. The number of hydrogen-bond acceptors (Lipinski definition) is 5. The third-order valence-electron chi connectivity index (χ3n) is 2.09. The zero-order valence-electron chi connectivity index (χ0n) is 10.7. The molecule has 104 valence electrons. The predicted octanol–water partition coefficient (Wildman–Crippen LogP) is 1.94. The molecule has 19 heavy (non-hydrogen) atoms. The minimum atomic E-state index is 0.0459. The van der Waals surface area contributed by atoms with E-state index in [1.165, 1.54) is 0 Å². The summed E-state index contributed by atoms with van der Waals surface area (Å²) < 4.78 is 0. The summed E-state index contributed by atoms with van der Waals surface area (Å²) in [5.41, 5.74) is 6.38. The molecule has 0 aliphatic rings. The monoisotopic (exact) mass is 297 g/mol. The Labute approximate surface area is 122 Å². The lowest BCUT2D eigenvalue weighted by molar-refractivity contribution is -0.120. The zero-order chi connectivity index (χ0) is 13.8. The molecule has 0 bridgehead atoms. The SMILES string of the molecule is NCCSSCCNC(=O)C/C=C/c1cccnc1. The van der Waals surface area contributed by atoms with E-state index in [0.29, 0.717) is 19.5 Å². The smallest absolute Gasteiger partial charge is 0.223 e. The van der Waals surface area contributed by atoms with Crippen molar-refractivity contribution in [1.29, 1.82) is 0 Å². The Morgan fingerprint density at radius 2 is 2.26 bits per heavy atom. The Morgan fingerprint density at radius 1 is 1.42 bits per heavy atom. The van der Waals surface area contributed by atoms with E-state index in [4.69, 9.17) is 5.73 Å². The molecule has 1 heterocycles. The number of nitrogens with two attached hydrogens (primary N) is 1. The van der Waals surface area contributed by atoms with Crippen LogP contribution >= 0.6 is 21.6 Å². The number of aromatic nitrogens is 1. The van der Waals surface area contributed by atoms with Crippen LogP contribution in [0.5, 0.6) is 0 Å². The molecule has 4 nitrogen and oxygen atoms in total. The maximum atomic E-state index is 11.5. The van der Waals surface area contributed by atoms with Crippen LogP contribution in [0.2, 0.25) is 0 Å². The van der Waals surface area contributed by atoms with Gasteiger partial charge in [0.2, 0.25) is 5.91 Å². The van der Waals surface area contributed by atoms with Crippen molar-refractivity contribution in [2.75, 3.05) is 24.6 Å². The number of nitrogens with zero attached hydrogens (tertiary/aromatic N) is 1. The normalized spacial score (nSPS) is 10.8. The van der Waals surface area contributed by atoms with Gasteiger partial charge in [-0.2, -0.15) is 0 Å². The second-order valence-electron chi connectivity index (χ2n) is 3.68. The first-order valence-corrected chi connectivity index (χ1v) is 8.59. The molecule has 0 spiro atoms. The van der Waals surface area contributed by atoms with Crippen molar-refractivity contribution in [2.24, 2.45) is 5.73 Å². The van der Waals surface area contributed by atoms with Crippen molar-refractivity contribution >= 4 is 33.6 Å². The van der Waals surface area contributed by atoms with Gasteiger partial charge in [-0.25, -0.2) is 0 Å². The summed E-state index contributed by atoms with van der Waals surface area (Å²) in [5, 5.41) is 2.87. The Hall–Kier alpha value is -0.980. The van der Waals surface area contributed by atoms with Crippen LogP contribution in [0.3, 0.4) is 0 Å². The summed E-state index contributed by atoms with van der Waals surface area (Å²) in [4.78, 5) is 15.5. The molecule has 6 heteroatoms. The van der Waals surface area contributed by atoms with Gasteiger partial charge in [0.25, 0.3) is 0 Å². The van der Waals surface area contributed by atoms with Gasteiger partial charge < -0.3 is 11.1 Å². The first kappa shape index (κ1) is 16.1. The molecule has 1 rings (SSSR count). The van der Waals surface area contributed by atoms with E-state index in [1.54, 1.807) is 34.0 Å². The maximum absolute atomic E-state index is 11.5. The van der Waals surface area contributed by atoms with Crippen LogP contribution in [0.4, 0.5) is 0 Å². The minimum absolute atomic E-state index is 0.0459. The molecule has 0 fully saturated rings. The van der Waals surface area contributed by atoms with Crippen LogP contribution < -0.4 is 11.1 Å². The lowest BCUT2D eigenvalue weighted by Crippen LogP contribution is -2.24. The largest absolute Gasteiger partial charge is 0.355 e. The van der Waals surface area contributed by atoms with Gasteiger partial charge in [0.1, 0.15) is 0 Å². The van der Waals surface area contributed by atoms with Crippen LogP contribution in [-0.4, -0.2) is 35.5 Å². The molecule has 0 unspecified atom stereocenters. The number of hydrogen-bond donors (Lipinski definition) is 2. The van der Waals surface area contributed by atoms with Crippen molar-refractivity contribution in [1.82, 2.24) is 10.3 Å². The molecular formula is C13H19N3OS2. The van der Waals surface area contributed by atoms with Gasteiger partial charge in [-0.15, -0.1) is 0 Å². The summed E-state index contributed by atoms with van der Waals surface area (Å²) in [6, 6.07) is 3.82. The Morgan fingerprint density at radius 3 is 3.00 bits per heavy atom. The number of carbonyl (C=O) groups excluding carboxylic acids is 1. The standard InChI is InChI=1S/C13H19N3OS2/c14-6-9-18-19-10-8-16-13(17)5-1-3-12-4-2-7-15-11-12/h1-4,7,11H,5-6,8-10,14H2,(H,16,17)/b3-1+. The third kappa shape index (κ3) is 8.69. The van der Waals surface area contributed by atoms with E-state index in [1.807, 2.05) is 24.3 Å². The van der Waals surface area contributed by atoms with E-state index in [0.717, 1.165) is 17.1 Å². The lowest BCUT2D eigenvalue weighted by atomic mass is 10.2. The van der Waals surface area contributed by atoms with Gasteiger partial charge >= 0.3 is 0 Å². The third-order valence-corrected chi connectivity index (χ3v) is 4.53. The molecular weight excluding hydrogens is 278 g/mol. The van der Waals surface area contributed by atoms with Crippen molar-refractivity contribution < 1.29 is 4.79 Å². The van der Waals surface area contributed by atoms with Crippen molar-refractivity contribution in [3.8, 4) is 0 Å². The average molecular weight is 297 g/mol. The average Bonchev–Trinajstić information content (AvgIpc) is 2.44.